The first kappa shape index (κ1) is 13.0. The number of hydrogen-bond donors (Lipinski definition) is 0. The first-order chi connectivity index (χ1) is 7.65. The summed E-state index contributed by atoms with van der Waals surface area (Å²) in [6.45, 7) is 2.14. The quantitative estimate of drug-likeness (QED) is 0.481. The molecule has 1 fully saturated rings. The third kappa shape index (κ3) is 3.83. The zero-order valence-electron chi connectivity index (χ0n) is 9.74. The van der Waals surface area contributed by atoms with Crippen LogP contribution in [0.3, 0.4) is 0 Å². The van der Waals surface area contributed by atoms with Gasteiger partial charge in [0.2, 0.25) is 0 Å². The summed E-state index contributed by atoms with van der Waals surface area (Å²) in [6, 6.07) is 0. The van der Waals surface area contributed by atoms with E-state index in [1.165, 1.54) is 12.8 Å². The highest BCUT2D eigenvalue weighted by Gasteiger charge is 2.34. The fourth-order valence-electron chi connectivity index (χ4n) is 2.05. The van der Waals surface area contributed by atoms with Gasteiger partial charge < -0.3 is 14.6 Å². The van der Waals surface area contributed by atoms with E-state index >= 15 is 0 Å². The molecular weight excluding hydrogens is 208 g/mol. The molecule has 0 amide bonds. The molecule has 1 aliphatic heterocycles. The lowest BCUT2D eigenvalue weighted by atomic mass is 9.96. The molecule has 0 aromatic heterocycles. The van der Waals surface area contributed by atoms with Crippen LogP contribution in [0, 0.1) is 5.92 Å². The number of cyclic esters (lactones) is 1. The van der Waals surface area contributed by atoms with Crippen LogP contribution in [-0.2, 0) is 14.3 Å². The molecule has 0 aromatic carbocycles. The zero-order valence-corrected chi connectivity index (χ0v) is 9.74. The van der Waals surface area contributed by atoms with Gasteiger partial charge in [0.15, 0.2) is 0 Å². The Balaban J connectivity index is 2.24. The van der Waals surface area contributed by atoms with Gasteiger partial charge in [-0.2, -0.15) is 0 Å². The van der Waals surface area contributed by atoms with Crippen molar-refractivity contribution in [1.29, 1.82) is 0 Å². The molecule has 0 spiro atoms. The predicted octanol–water partition coefficient (Wildman–Crippen LogP) is 1.03. The summed E-state index contributed by atoms with van der Waals surface area (Å²) in [5.41, 5.74) is 0. The van der Waals surface area contributed by atoms with Crippen LogP contribution in [0.2, 0.25) is 0 Å². The van der Waals surface area contributed by atoms with Crippen LogP contribution in [0.5, 0.6) is 0 Å². The molecule has 16 heavy (non-hydrogen) atoms. The average molecular weight is 227 g/mol. The van der Waals surface area contributed by atoms with E-state index in [1.807, 2.05) is 0 Å². The van der Waals surface area contributed by atoms with Crippen molar-refractivity contribution in [2.24, 2.45) is 5.92 Å². The number of ether oxygens (including phenoxy) is 1. The molecule has 0 N–H and O–H groups in total. The molecule has 0 unspecified atom stereocenters. The maximum Gasteiger partial charge on any atom is 0.306 e. The molecule has 0 bridgehead atoms. The van der Waals surface area contributed by atoms with Crippen molar-refractivity contribution in [3.63, 3.8) is 0 Å². The summed E-state index contributed by atoms with van der Waals surface area (Å²) in [4.78, 5) is 21.7. The molecule has 4 nitrogen and oxygen atoms in total. The molecule has 1 rings (SSSR count). The first-order valence-electron chi connectivity index (χ1n) is 6.05. The van der Waals surface area contributed by atoms with Crippen LogP contribution in [0.4, 0.5) is 0 Å². The summed E-state index contributed by atoms with van der Waals surface area (Å²) in [6.07, 6.45) is 5.69. The van der Waals surface area contributed by atoms with Crippen molar-refractivity contribution in [1.82, 2.24) is 0 Å². The van der Waals surface area contributed by atoms with Gasteiger partial charge in [0.05, 0.1) is 6.42 Å². The van der Waals surface area contributed by atoms with E-state index in [0.717, 1.165) is 19.3 Å². The Morgan fingerprint density at radius 2 is 2.06 bits per heavy atom. The second-order valence-corrected chi connectivity index (χ2v) is 4.36. The van der Waals surface area contributed by atoms with Crippen molar-refractivity contribution in [2.75, 3.05) is 0 Å². The standard InChI is InChI=1S/C12H20O4/c1-2-3-4-5-6-7-10-9(12(14)15)8-11(13)16-10/h9-10H,2-8H2,1H3,(H,14,15)/p-1/t9-,10+/m0/s1. The minimum absolute atomic E-state index is 0.0258. The Bertz CT molecular complexity index is 249. The maximum atomic E-state index is 11.0. The fourth-order valence-corrected chi connectivity index (χ4v) is 2.05. The molecule has 0 saturated carbocycles. The molecule has 1 heterocycles. The van der Waals surface area contributed by atoms with E-state index in [4.69, 9.17) is 4.74 Å². The first-order valence-corrected chi connectivity index (χ1v) is 6.05. The van der Waals surface area contributed by atoms with E-state index in [9.17, 15) is 14.7 Å². The molecule has 1 aliphatic rings. The van der Waals surface area contributed by atoms with Gasteiger partial charge in [-0.15, -0.1) is 0 Å². The van der Waals surface area contributed by atoms with Gasteiger partial charge in [0.25, 0.3) is 0 Å². The number of hydrogen-bond acceptors (Lipinski definition) is 4. The normalized spacial score (nSPS) is 24.4. The third-order valence-electron chi connectivity index (χ3n) is 3.01. The maximum absolute atomic E-state index is 11.0. The van der Waals surface area contributed by atoms with Crippen LogP contribution in [0.25, 0.3) is 0 Å². The highest BCUT2D eigenvalue weighted by Crippen LogP contribution is 2.26. The summed E-state index contributed by atoms with van der Waals surface area (Å²) >= 11 is 0. The molecule has 0 aliphatic carbocycles. The summed E-state index contributed by atoms with van der Waals surface area (Å²) in [5, 5.41) is 10.7. The molecular formula is C12H19O4-. The van der Waals surface area contributed by atoms with Gasteiger partial charge >= 0.3 is 5.97 Å². The van der Waals surface area contributed by atoms with Crippen LogP contribution >= 0.6 is 0 Å². The lowest BCUT2D eigenvalue weighted by molar-refractivity contribution is -0.312. The number of unbranched alkanes of at least 4 members (excludes halogenated alkanes) is 4. The summed E-state index contributed by atoms with van der Waals surface area (Å²) in [5.74, 6) is -2.31. The van der Waals surface area contributed by atoms with Crippen LogP contribution in [-0.4, -0.2) is 18.0 Å². The van der Waals surface area contributed by atoms with E-state index < -0.39 is 24.0 Å². The Hall–Kier alpha value is -1.06. The van der Waals surface area contributed by atoms with E-state index in [0.29, 0.717) is 6.42 Å². The molecule has 1 saturated heterocycles. The van der Waals surface area contributed by atoms with Gasteiger partial charge in [-0.05, 0) is 12.8 Å². The van der Waals surface area contributed by atoms with Crippen molar-refractivity contribution >= 4 is 11.9 Å². The highest BCUT2D eigenvalue weighted by atomic mass is 16.6. The van der Waals surface area contributed by atoms with Crippen LogP contribution in [0.1, 0.15) is 51.9 Å². The largest absolute Gasteiger partial charge is 0.550 e. The number of esters is 1. The molecule has 0 aromatic rings. The molecule has 0 radical (unpaired) electrons. The lowest BCUT2D eigenvalue weighted by Gasteiger charge is -2.17. The Morgan fingerprint density at radius 1 is 1.38 bits per heavy atom. The van der Waals surface area contributed by atoms with Crippen molar-refractivity contribution in [3.05, 3.63) is 0 Å². The van der Waals surface area contributed by atoms with Gasteiger partial charge in [0, 0.05) is 11.9 Å². The van der Waals surface area contributed by atoms with E-state index in [-0.39, 0.29) is 6.42 Å². The van der Waals surface area contributed by atoms with E-state index in [1.54, 1.807) is 0 Å². The van der Waals surface area contributed by atoms with Gasteiger partial charge in [-0.3, -0.25) is 4.79 Å². The fraction of sp³-hybridized carbons (Fsp3) is 0.833. The average Bonchev–Trinajstić information content (AvgIpc) is 2.59. The Kier molecular flexibility index (Phi) is 5.29. The minimum atomic E-state index is -1.16. The van der Waals surface area contributed by atoms with Crippen molar-refractivity contribution in [2.45, 2.75) is 58.0 Å². The number of aliphatic carboxylic acids is 1. The Labute approximate surface area is 96.0 Å². The number of rotatable bonds is 7. The lowest BCUT2D eigenvalue weighted by Crippen LogP contribution is -2.36. The van der Waals surface area contributed by atoms with Crippen LogP contribution < -0.4 is 5.11 Å². The number of carboxylic acids is 1. The van der Waals surface area contributed by atoms with Crippen molar-refractivity contribution in [3.8, 4) is 0 Å². The summed E-state index contributed by atoms with van der Waals surface area (Å²) in [7, 11) is 0. The topological polar surface area (TPSA) is 66.4 Å². The smallest absolute Gasteiger partial charge is 0.306 e. The van der Waals surface area contributed by atoms with Crippen molar-refractivity contribution < 1.29 is 19.4 Å². The SMILES string of the molecule is CCCCCCC[C@H]1OC(=O)C[C@@H]1C(=O)[O-]. The summed E-state index contributed by atoms with van der Waals surface area (Å²) < 4.78 is 4.98. The Morgan fingerprint density at radius 3 is 2.69 bits per heavy atom. The molecule has 92 valence electrons. The van der Waals surface area contributed by atoms with Gasteiger partial charge in [-0.1, -0.05) is 32.6 Å². The second kappa shape index (κ2) is 6.51. The van der Waals surface area contributed by atoms with Crippen LogP contribution in [0.15, 0.2) is 0 Å². The predicted molar refractivity (Wildman–Crippen MR) is 56.4 cm³/mol. The number of carbonyl (C=O) groups is 2. The number of carbonyl (C=O) groups excluding carboxylic acids is 2. The number of carboxylic acid groups (broad SMARTS) is 1. The van der Waals surface area contributed by atoms with Gasteiger partial charge in [0.1, 0.15) is 6.10 Å². The minimum Gasteiger partial charge on any atom is -0.550 e. The molecule has 2 atom stereocenters. The molecule has 4 heteroatoms. The zero-order chi connectivity index (χ0) is 12.0. The van der Waals surface area contributed by atoms with Gasteiger partial charge in [-0.25, -0.2) is 0 Å². The highest BCUT2D eigenvalue weighted by molar-refractivity contribution is 5.81. The monoisotopic (exact) mass is 227 g/mol. The van der Waals surface area contributed by atoms with E-state index in [2.05, 4.69) is 6.92 Å². The third-order valence-corrected chi connectivity index (χ3v) is 3.01. The second-order valence-electron chi connectivity index (χ2n) is 4.36.